The number of hydrogen-bond donors (Lipinski definition) is 2. The Morgan fingerprint density at radius 3 is 2.85 bits per heavy atom. The van der Waals surface area contributed by atoms with Crippen molar-refractivity contribution in [2.45, 2.75) is 12.5 Å². The second-order valence-electron chi connectivity index (χ2n) is 4.06. The molecule has 0 aliphatic carbocycles. The van der Waals surface area contributed by atoms with E-state index in [1.165, 1.54) is 25.3 Å². The third kappa shape index (κ3) is 4.55. The van der Waals surface area contributed by atoms with Crippen molar-refractivity contribution < 1.29 is 19.6 Å². The number of hydrogen-bond acceptors (Lipinski definition) is 5. The maximum atomic E-state index is 12.1. The lowest BCUT2D eigenvalue weighted by Crippen LogP contribution is -2.38. The number of aliphatic hydroxyl groups excluding tert-OH is 1. The number of carbonyl (C=O) groups is 1. The highest BCUT2D eigenvalue weighted by molar-refractivity contribution is 9.10. The number of methoxy groups -OCH3 is 1. The van der Waals surface area contributed by atoms with E-state index >= 15 is 0 Å². The normalized spacial score (nSPS) is 11.9. The van der Waals surface area contributed by atoms with Crippen LogP contribution < -0.4 is 5.32 Å². The maximum Gasteiger partial charge on any atom is 0.270 e. The minimum Gasteiger partial charge on any atom is -0.396 e. The predicted octanol–water partition coefficient (Wildman–Crippen LogP) is 1.48. The molecule has 0 aromatic heterocycles. The molecule has 0 heterocycles. The molecule has 20 heavy (non-hydrogen) atoms. The first-order chi connectivity index (χ1) is 9.49. The van der Waals surface area contributed by atoms with Crippen LogP contribution in [-0.4, -0.2) is 42.3 Å². The Morgan fingerprint density at radius 2 is 2.30 bits per heavy atom. The number of ether oxygens (including phenoxy) is 1. The van der Waals surface area contributed by atoms with Crippen LogP contribution in [0.15, 0.2) is 22.7 Å². The summed E-state index contributed by atoms with van der Waals surface area (Å²) < 4.78 is 5.40. The Labute approximate surface area is 124 Å². The van der Waals surface area contributed by atoms with E-state index in [2.05, 4.69) is 21.2 Å². The number of rotatable bonds is 7. The van der Waals surface area contributed by atoms with Crippen molar-refractivity contribution in [3.63, 3.8) is 0 Å². The third-order valence-corrected chi connectivity index (χ3v) is 3.28. The summed E-state index contributed by atoms with van der Waals surface area (Å²) in [6.45, 7) is 0.156. The van der Waals surface area contributed by atoms with Crippen LogP contribution in [0.4, 0.5) is 5.69 Å². The van der Waals surface area contributed by atoms with Gasteiger partial charge < -0.3 is 15.2 Å². The molecule has 110 valence electrons. The largest absolute Gasteiger partial charge is 0.396 e. The third-order valence-electron chi connectivity index (χ3n) is 2.59. The topological polar surface area (TPSA) is 102 Å². The van der Waals surface area contributed by atoms with Gasteiger partial charge in [0.05, 0.1) is 23.1 Å². The number of nitro benzene ring substituents is 1. The summed E-state index contributed by atoms with van der Waals surface area (Å²) in [5.41, 5.74) is 0.00189. The molecule has 0 aliphatic rings. The summed E-state index contributed by atoms with van der Waals surface area (Å²) in [7, 11) is 1.49. The first-order valence-electron chi connectivity index (χ1n) is 5.84. The van der Waals surface area contributed by atoms with Crippen LogP contribution in [-0.2, 0) is 4.74 Å². The number of carbonyl (C=O) groups excluding carboxylic acids is 1. The van der Waals surface area contributed by atoms with Crippen LogP contribution in [0.5, 0.6) is 0 Å². The van der Waals surface area contributed by atoms with Gasteiger partial charge in [-0.05, 0) is 28.4 Å². The molecule has 1 atom stereocenters. The second-order valence-corrected chi connectivity index (χ2v) is 4.91. The summed E-state index contributed by atoms with van der Waals surface area (Å²) in [6, 6.07) is 3.59. The number of benzene rings is 1. The van der Waals surface area contributed by atoms with E-state index in [0.717, 1.165) is 0 Å². The minimum absolute atomic E-state index is 0.0928. The number of amides is 1. The van der Waals surface area contributed by atoms with Crippen molar-refractivity contribution in [2.75, 3.05) is 20.3 Å². The molecule has 0 saturated heterocycles. The number of nitrogens with zero attached hydrogens (tertiary/aromatic N) is 1. The zero-order chi connectivity index (χ0) is 15.1. The van der Waals surface area contributed by atoms with Gasteiger partial charge in [0.25, 0.3) is 11.6 Å². The Morgan fingerprint density at radius 1 is 1.60 bits per heavy atom. The predicted molar refractivity (Wildman–Crippen MR) is 75.6 cm³/mol. The summed E-state index contributed by atoms with van der Waals surface area (Å²) in [5, 5.41) is 22.3. The molecular formula is C12H15BrN2O5. The molecule has 1 rings (SSSR count). The van der Waals surface area contributed by atoms with Gasteiger partial charge in [-0.2, -0.15) is 0 Å². The second kappa shape index (κ2) is 7.93. The number of nitrogens with one attached hydrogen (secondary N) is 1. The standard InChI is InChI=1S/C12H15BrN2O5/c1-20-7-8(4-5-16)14-12(17)10-6-9(15(18)19)2-3-11(10)13/h2-3,6,8,16H,4-5,7H2,1H3,(H,14,17). The molecule has 0 aliphatic heterocycles. The lowest BCUT2D eigenvalue weighted by Gasteiger charge is -2.17. The lowest BCUT2D eigenvalue weighted by atomic mass is 10.1. The Kier molecular flexibility index (Phi) is 6.56. The van der Waals surface area contributed by atoms with Crippen molar-refractivity contribution in [2.24, 2.45) is 0 Å². The molecule has 1 amide bonds. The number of aliphatic hydroxyl groups is 1. The molecule has 1 aromatic carbocycles. The van der Waals surface area contributed by atoms with E-state index in [1.54, 1.807) is 0 Å². The molecular weight excluding hydrogens is 332 g/mol. The van der Waals surface area contributed by atoms with Gasteiger partial charge in [0.15, 0.2) is 0 Å². The van der Waals surface area contributed by atoms with Gasteiger partial charge in [0.1, 0.15) is 0 Å². The van der Waals surface area contributed by atoms with Crippen LogP contribution >= 0.6 is 15.9 Å². The van der Waals surface area contributed by atoms with Gasteiger partial charge in [-0.25, -0.2) is 0 Å². The van der Waals surface area contributed by atoms with Crippen molar-refractivity contribution in [1.29, 1.82) is 0 Å². The molecule has 1 aromatic rings. The Hall–Kier alpha value is -1.51. The van der Waals surface area contributed by atoms with Gasteiger partial charge in [-0.1, -0.05) is 0 Å². The average molecular weight is 347 g/mol. The van der Waals surface area contributed by atoms with Crippen molar-refractivity contribution in [3.8, 4) is 0 Å². The zero-order valence-corrected chi connectivity index (χ0v) is 12.4. The maximum absolute atomic E-state index is 12.1. The number of non-ortho nitro benzene ring substituents is 1. The van der Waals surface area contributed by atoms with Crippen LogP contribution in [0.1, 0.15) is 16.8 Å². The Bertz CT molecular complexity index is 489. The smallest absolute Gasteiger partial charge is 0.270 e. The highest BCUT2D eigenvalue weighted by Crippen LogP contribution is 2.22. The van der Waals surface area contributed by atoms with Gasteiger partial charge in [-0.15, -0.1) is 0 Å². The van der Waals surface area contributed by atoms with Crippen LogP contribution in [0.25, 0.3) is 0 Å². The summed E-state index contributed by atoms with van der Waals surface area (Å²) in [5.74, 6) is -0.462. The molecule has 0 fully saturated rings. The monoisotopic (exact) mass is 346 g/mol. The summed E-state index contributed by atoms with van der Waals surface area (Å²) in [6.07, 6.45) is 0.339. The highest BCUT2D eigenvalue weighted by Gasteiger charge is 2.18. The SMILES string of the molecule is COCC(CCO)NC(=O)c1cc([N+](=O)[O-])ccc1Br. The van der Waals surface area contributed by atoms with Gasteiger partial charge >= 0.3 is 0 Å². The number of halogens is 1. The van der Waals surface area contributed by atoms with Gasteiger partial charge in [0.2, 0.25) is 0 Å². The molecule has 8 heteroatoms. The molecule has 1 unspecified atom stereocenters. The van der Waals surface area contributed by atoms with E-state index < -0.39 is 10.8 Å². The Balaban J connectivity index is 2.90. The van der Waals surface area contributed by atoms with E-state index in [0.29, 0.717) is 10.9 Å². The zero-order valence-electron chi connectivity index (χ0n) is 10.8. The van der Waals surface area contributed by atoms with E-state index in [9.17, 15) is 14.9 Å². The molecule has 0 spiro atoms. The first kappa shape index (κ1) is 16.5. The minimum atomic E-state index is -0.566. The lowest BCUT2D eigenvalue weighted by molar-refractivity contribution is -0.384. The van der Waals surface area contributed by atoms with Crippen molar-refractivity contribution in [1.82, 2.24) is 5.32 Å². The fourth-order valence-corrected chi connectivity index (χ4v) is 2.04. The molecule has 7 nitrogen and oxygen atoms in total. The van der Waals surface area contributed by atoms with Gasteiger partial charge in [-0.3, -0.25) is 14.9 Å². The number of nitro groups is 1. The highest BCUT2D eigenvalue weighted by atomic mass is 79.9. The van der Waals surface area contributed by atoms with Crippen LogP contribution in [0, 0.1) is 10.1 Å². The molecule has 0 saturated carbocycles. The van der Waals surface area contributed by atoms with E-state index in [-0.39, 0.29) is 30.5 Å². The first-order valence-corrected chi connectivity index (χ1v) is 6.63. The fourth-order valence-electron chi connectivity index (χ4n) is 1.62. The fraction of sp³-hybridized carbons (Fsp3) is 0.417. The van der Waals surface area contributed by atoms with Crippen molar-refractivity contribution >= 4 is 27.5 Å². The quantitative estimate of drug-likeness (QED) is 0.575. The van der Waals surface area contributed by atoms with E-state index in [1.807, 2.05) is 0 Å². The van der Waals surface area contributed by atoms with Crippen LogP contribution in [0.3, 0.4) is 0 Å². The van der Waals surface area contributed by atoms with E-state index in [4.69, 9.17) is 9.84 Å². The molecule has 0 radical (unpaired) electrons. The molecule has 2 N–H and O–H groups in total. The summed E-state index contributed by atoms with van der Waals surface area (Å²) in [4.78, 5) is 22.3. The average Bonchev–Trinajstić information content (AvgIpc) is 2.39. The summed E-state index contributed by atoms with van der Waals surface area (Å²) >= 11 is 3.18. The molecule has 0 bridgehead atoms. The van der Waals surface area contributed by atoms with Crippen molar-refractivity contribution in [3.05, 3.63) is 38.3 Å². The van der Waals surface area contributed by atoms with Gasteiger partial charge in [0, 0.05) is 30.3 Å². The van der Waals surface area contributed by atoms with Crippen LogP contribution in [0.2, 0.25) is 0 Å².